The minimum absolute atomic E-state index is 0.340. The van der Waals surface area contributed by atoms with Crippen LogP contribution in [0.25, 0.3) is 22.4 Å². The van der Waals surface area contributed by atoms with Gasteiger partial charge in [0.05, 0.1) is 6.20 Å². The van der Waals surface area contributed by atoms with Gasteiger partial charge < -0.3 is 4.98 Å². The van der Waals surface area contributed by atoms with Crippen LogP contribution in [0.3, 0.4) is 0 Å². The molecule has 0 saturated heterocycles. The number of halogens is 1. The zero-order chi connectivity index (χ0) is 11.0. The molecule has 3 rings (SSSR count). The second-order valence-corrected chi connectivity index (χ2v) is 3.71. The standard InChI is InChI=1S/C11H7ClN4/c12-10-9-8(6-13-16-10)14-11(15-9)7-4-2-1-3-5-7/h1-6H,(H,14,15). The highest BCUT2D eigenvalue weighted by atomic mass is 35.5. The molecule has 0 radical (unpaired) electrons. The predicted molar refractivity (Wildman–Crippen MR) is 62.1 cm³/mol. The van der Waals surface area contributed by atoms with Gasteiger partial charge in [0.25, 0.3) is 0 Å². The predicted octanol–water partition coefficient (Wildman–Crippen LogP) is 2.67. The molecule has 0 aliphatic rings. The number of aromatic nitrogens is 4. The highest BCUT2D eigenvalue weighted by Crippen LogP contribution is 2.22. The van der Waals surface area contributed by atoms with Crippen molar-refractivity contribution in [2.24, 2.45) is 0 Å². The highest BCUT2D eigenvalue weighted by molar-refractivity contribution is 6.33. The second kappa shape index (κ2) is 3.57. The van der Waals surface area contributed by atoms with Gasteiger partial charge in [-0.1, -0.05) is 41.9 Å². The van der Waals surface area contributed by atoms with E-state index in [0.717, 1.165) is 22.4 Å². The van der Waals surface area contributed by atoms with Gasteiger partial charge in [0.15, 0.2) is 5.15 Å². The van der Waals surface area contributed by atoms with Crippen molar-refractivity contribution in [1.82, 2.24) is 20.2 Å². The van der Waals surface area contributed by atoms with E-state index < -0.39 is 0 Å². The molecule has 0 bridgehead atoms. The first-order valence-corrected chi connectivity index (χ1v) is 5.15. The van der Waals surface area contributed by atoms with E-state index >= 15 is 0 Å². The van der Waals surface area contributed by atoms with Crippen molar-refractivity contribution in [3.8, 4) is 11.4 Å². The molecule has 2 heterocycles. The largest absolute Gasteiger partial charge is 0.335 e. The number of hydrogen-bond acceptors (Lipinski definition) is 3. The normalized spacial score (nSPS) is 10.8. The maximum Gasteiger partial charge on any atom is 0.177 e. The van der Waals surface area contributed by atoms with Crippen molar-refractivity contribution in [3.05, 3.63) is 41.7 Å². The summed E-state index contributed by atoms with van der Waals surface area (Å²) in [6.07, 6.45) is 1.59. The van der Waals surface area contributed by atoms with Crippen molar-refractivity contribution in [1.29, 1.82) is 0 Å². The Labute approximate surface area is 96.3 Å². The Hall–Kier alpha value is -1.94. The summed E-state index contributed by atoms with van der Waals surface area (Å²) in [6.45, 7) is 0. The molecule has 3 aromatic rings. The molecule has 16 heavy (non-hydrogen) atoms. The average Bonchev–Trinajstić information content (AvgIpc) is 2.76. The quantitative estimate of drug-likeness (QED) is 0.699. The van der Waals surface area contributed by atoms with E-state index in [1.807, 2.05) is 30.3 Å². The van der Waals surface area contributed by atoms with Crippen molar-refractivity contribution in [2.75, 3.05) is 0 Å². The lowest BCUT2D eigenvalue weighted by molar-refractivity contribution is 1.05. The van der Waals surface area contributed by atoms with Gasteiger partial charge in [-0.15, -0.1) is 5.10 Å². The number of imidazole rings is 1. The van der Waals surface area contributed by atoms with Gasteiger partial charge >= 0.3 is 0 Å². The van der Waals surface area contributed by atoms with Crippen LogP contribution in [0.15, 0.2) is 36.5 Å². The summed E-state index contributed by atoms with van der Waals surface area (Å²) in [6, 6.07) is 9.84. The Morgan fingerprint density at radius 2 is 1.94 bits per heavy atom. The zero-order valence-corrected chi connectivity index (χ0v) is 8.94. The number of fused-ring (bicyclic) bond motifs is 1. The number of nitrogens with zero attached hydrogens (tertiary/aromatic N) is 3. The molecule has 5 heteroatoms. The third kappa shape index (κ3) is 1.44. The first-order chi connectivity index (χ1) is 7.84. The lowest BCUT2D eigenvalue weighted by Crippen LogP contribution is -1.81. The molecule has 0 atom stereocenters. The topological polar surface area (TPSA) is 54.5 Å². The molecule has 0 unspecified atom stereocenters. The van der Waals surface area contributed by atoms with E-state index in [0.29, 0.717) is 5.15 Å². The fraction of sp³-hybridized carbons (Fsp3) is 0. The molecule has 4 nitrogen and oxygen atoms in total. The van der Waals surface area contributed by atoms with Crippen LogP contribution in [-0.4, -0.2) is 20.2 Å². The number of nitrogens with one attached hydrogen (secondary N) is 1. The minimum atomic E-state index is 0.340. The molecule has 1 aromatic carbocycles. The molecule has 0 spiro atoms. The molecule has 0 amide bonds. The summed E-state index contributed by atoms with van der Waals surface area (Å²) in [5, 5.41) is 7.85. The van der Waals surface area contributed by atoms with Crippen LogP contribution in [0, 0.1) is 0 Å². The van der Waals surface area contributed by atoms with E-state index in [4.69, 9.17) is 11.6 Å². The maximum atomic E-state index is 5.91. The summed E-state index contributed by atoms with van der Waals surface area (Å²) >= 11 is 5.91. The molecule has 0 saturated carbocycles. The first kappa shape index (κ1) is 9.30. The van der Waals surface area contributed by atoms with Gasteiger partial charge in [0.2, 0.25) is 0 Å². The lowest BCUT2D eigenvalue weighted by atomic mass is 10.2. The van der Waals surface area contributed by atoms with Crippen molar-refractivity contribution >= 4 is 22.6 Å². The SMILES string of the molecule is Clc1nncc2nc(-c3ccccc3)[nH]c12. The van der Waals surface area contributed by atoms with Gasteiger partial charge in [-0.2, -0.15) is 5.10 Å². The molecular weight excluding hydrogens is 224 g/mol. The monoisotopic (exact) mass is 230 g/mol. The molecular formula is C11H7ClN4. The molecule has 78 valence electrons. The Kier molecular flexibility index (Phi) is 2.08. The smallest absolute Gasteiger partial charge is 0.177 e. The van der Waals surface area contributed by atoms with Gasteiger partial charge in [-0.25, -0.2) is 4.98 Å². The van der Waals surface area contributed by atoms with Crippen molar-refractivity contribution in [2.45, 2.75) is 0 Å². The van der Waals surface area contributed by atoms with Gasteiger partial charge in [0.1, 0.15) is 16.9 Å². The van der Waals surface area contributed by atoms with Gasteiger partial charge in [-0.3, -0.25) is 0 Å². The summed E-state index contributed by atoms with van der Waals surface area (Å²) in [4.78, 5) is 7.54. The number of hydrogen-bond donors (Lipinski definition) is 1. The first-order valence-electron chi connectivity index (χ1n) is 4.77. The molecule has 2 aromatic heterocycles. The van der Waals surface area contributed by atoms with Crippen molar-refractivity contribution < 1.29 is 0 Å². The van der Waals surface area contributed by atoms with E-state index in [1.165, 1.54) is 0 Å². The number of benzene rings is 1. The van der Waals surface area contributed by atoms with E-state index in [9.17, 15) is 0 Å². The van der Waals surface area contributed by atoms with Crippen LogP contribution in [0.2, 0.25) is 5.15 Å². The third-order valence-corrected chi connectivity index (χ3v) is 2.58. The summed E-state index contributed by atoms with van der Waals surface area (Å²) in [5.74, 6) is 0.771. The van der Waals surface area contributed by atoms with Crippen molar-refractivity contribution in [3.63, 3.8) is 0 Å². The zero-order valence-electron chi connectivity index (χ0n) is 8.18. The van der Waals surface area contributed by atoms with Crippen LogP contribution in [0.4, 0.5) is 0 Å². The number of H-pyrrole nitrogens is 1. The fourth-order valence-electron chi connectivity index (χ4n) is 1.55. The minimum Gasteiger partial charge on any atom is -0.335 e. The average molecular weight is 231 g/mol. The number of rotatable bonds is 1. The number of aromatic amines is 1. The van der Waals surface area contributed by atoms with Crippen LogP contribution in [0.1, 0.15) is 0 Å². The van der Waals surface area contributed by atoms with Crippen LogP contribution < -0.4 is 0 Å². The Balaban J connectivity index is 2.23. The maximum absolute atomic E-state index is 5.91. The Morgan fingerprint density at radius 3 is 2.69 bits per heavy atom. The molecule has 0 aliphatic carbocycles. The molecule has 0 aliphatic heterocycles. The van der Waals surface area contributed by atoms with E-state index in [2.05, 4.69) is 20.2 Å². The Morgan fingerprint density at radius 1 is 1.12 bits per heavy atom. The lowest BCUT2D eigenvalue weighted by Gasteiger charge is -1.93. The highest BCUT2D eigenvalue weighted by Gasteiger charge is 2.08. The van der Waals surface area contributed by atoms with Crippen LogP contribution in [0.5, 0.6) is 0 Å². The second-order valence-electron chi connectivity index (χ2n) is 3.35. The summed E-state index contributed by atoms with van der Waals surface area (Å²) < 4.78 is 0. The molecule has 1 N–H and O–H groups in total. The van der Waals surface area contributed by atoms with E-state index in [-0.39, 0.29) is 0 Å². The van der Waals surface area contributed by atoms with Crippen LogP contribution in [-0.2, 0) is 0 Å². The molecule has 0 fully saturated rings. The summed E-state index contributed by atoms with van der Waals surface area (Å²) in [7, 11) is 0. The Bertz CT molecular complexity index is 633. The van der Waals surface area contributed by atoms with Crippen LogP contribution >= 0.6 is 11.6 Å². The third-order valence-electron chi connectivity index (χ3n) is 2.31. The van der Waals surface area contributed by atoms with E-state index in [1.54, 1.807) is 6.20 Å². The van der Waals surface area contributed by atoms with Gasteiger partial charge in [-0.05, 0) is 0 Å². The van der Waals surface area contributed by atoms with Gasteiger partial charge in [0, 0.05) is 5.56 Å². The summed E-state index contributed by atoms with van der Waals surface area (Å²) in [5.41, 5.74) is 2.45. The fourth-order valence-corrected chi connectivity index (χ4v) is 1.74.